The van der Waals surface area contributed by atoms with Crippen LogP contribution in [0.1, 0.15) is 20.8 Å². The Balaban J connectivity index is 2.69. The second-order valence-electron chi connectivity index (χ2n) is 4.59. The lowest BCUT2D eigenvalue weighted by molar-refractivity contribution is -0.143. The minimum absolute atomic E-state index is 0.0634. The van der Waals surface area contributed by atoms with Crippen LogP contribution >= 0.6 is 27.7 Å². The average Bonchev–Trinajstić information content (AvgIpc) is 2.32. The van der Waals surface area contributed by atoms with Crippen LogP contribution in [0.2, 0.25) is 0 Å². The van der Waals surface area contributed by atoms with Crippen molar-refractivity contribution in [2.24, 2.45) is 5.92 Å². The normalized spacial score (nSPS) is 12.5. The van der Waals surface area contributed by atoms with Gasteiger partial charge in [-0.2, -0.15) is 0 Å². The third-order valence-electron chi connectivity index (χ3n) is 2.25. The number of carbonyl (C=O) groups excluding carboxylic acids is 1. The molecular formula is C13H17BrFNO2S. The van der Waals surface area contributed by atoms with E-state index in [1.54, 1.807) is 6.92 Å². The van der Waals surface area contributed by atoms with Crippen molar-refractivity contribution < 1.29 is 13.9 Å². The molecule has 0 heterocycles. The van der Waals surface area contributed by atoms with Crippen LogP contribution in [-0.2, 0) is 9.53 Å². The molecule has 3 nitrogen and oxygen atoms in total. The molecule has 0 spiro atoms. The molecule has 0 fully saturated rings. The van der Waals surface area contributed by atoms with E-state index in [1.165, 1.54) is 23.9 Å². The number of ether oxygens (including phenoxy) is 1. The Morgan fingerprint density at radius 3 is 2.68 bits per heavy atom. The summed E-state index contributed by atoms with van der Waals surface area (Å²) in [6.45, 7) is 6.10. The zero-order valence-electron chi connectivity index (χ0n) is 11.1. The van der Waals surface area contributed by atoms with Crippen LogP contribution in [-0.4, -0.2) is 17.8 Å². The Hall–Kier alpha value is -0.750. The standard InChI is InChI=1S/C13H17BrFNO2S/c1-7(2)6-18-13(17)8(3)19-12-5-11(16)10(15)4-9(12)14/h4-5,7-8H,6,16H2,1-3H3. The Morgan fingerprint density at radius 1 is 1.47 bits per heavy atom. The molecule has 1 unspecified atom stereocenters. The smallest absolute Gasteiger partial charge is 0.319 e. The first-order chi connectivity index (χ1) is 8.81. The highest BCUT2D eigenvalue weighted by molar-refractivity contribution is 9.10. The topological polar surface area (TPSA) is 52.3 Å². The molecule has 1 rings (SSSR count). The van der Waals surface area contributed by atoms with Crippen molar-refractivity contribution >= 4 is 39.3 Å². The largest absolute Gasteiger partial charge is 0.465 e. The van der Waals surface area contributed by atoms with Gasteiger partial charge in [0, 0.05) is 9.37 Å². The van der Waals surface area contributed by atoms with E-state index >= 15 is 0 Å². The first kappa shape index (κ1) is 16.3. The number of hydrogen-bond acceptors (Lipinski definition) is 4. The summed E-state index contributed by atoms with van der Waals surface area (Å²) in [5.74, 6) is -0.464. The minimum Gasteiger partial charge on any atom is -0.465 e. The Labute approximate surface area is 125 Å². The monoisotopic (exact) mass is 349 g/mol. The molecule has 0 saturated heterocycles. The zero-order valence-corrected chi connectivity index (χ0v) is 13.5. The van der Waals surface area contributed by atoms with Crippen LogP contribution in [0.15, 0.2) is 21.5 Å². The molecule has 106 valence electrons. The highest BCUT2D eigenvalue weighted by Crippen LogP contribution is 2.34. The van der Waals surface area contributed by atoms with Crippen molar-refractivity contribution in [3.05, 3.63) is 22.4 Å². The fourth-order valence-corrected chi connectivity index (χ4v) is 2.75. The van der Waals surface area contributed by atoms with E-state index in [0.717, 1.165) is 0 Å². The molecule has 0 amide bonds. The Morgan fingerprint density at radius 2 is 2.11 bits per heavy atom. The van der Waals surface area contributed by atoms with Crippen LogP contribution in [0.5, 0.6) is 0 Å². The quantitative estimate of drug-likeness (QED) is 0.498. The van der Waals surface area contributed by atoms with Crippen LogP contribution in [0.25, 0.3) is 0 Å². The van der Waals surface area contributed by atoms with Gasteiger partial charge in [-0.1, -0.05) is 13.8 Å². The summed E-state index contributed by atoms with van der Waals surface area (Å²) in [7, 11) is 0. The fraction of sp³-hybridized carbons (Fsp3) is 0.462. The molecule has 19 heavy (non-hydrogen) atoms. The molecule has 0 bridgehead atoms. The second kappa shape index (κ2) is 7.14. The highest BCUT2D eigenvalue weighted by Gasteiger charge is 2.18. The van der Waals surface area contributed by atoms with Crippen molar-refractivity contribution in [1.82, 2.24) is 0 Å². The second-order valence-corrected chi connectivity index (χ2v) is 6.83. The number of halogens is 2. The first-order valence-electron chi connectivity index (χ1n) is 5.89. The number of anilines is 1. The lowest BCUT2D eigenvalue weighted by Crippen LogP contribution is -2.19. The van der Waals surface area contributed by atoms with Crippen LogP contribution < -0.4 is 5.73 Å². The van der Waals surface area contributed by atoms with Crippen molar-refractivity contribution in [3.63, 3.8) is 0 Å². The number of hydrogen-bond donors (Lipinski definition) is 1. The van der Waals surface area contributed by atoms with Gasteiger partial charge >= 0.3 is 5.97 Å². The third kappa shape index (κ3) is 5.03. The molecule has 0 aliphatic heterocycles. The van der Waals surface area contributed by atoms with E-state index in [-0.39, 0.29) is 16.9 Å². The summed E-state index contributed by atoms with van der Waals surface area (Å²) < 4.78 is 18.9. The maximum absolute atomic E-state index is 13.2. The van der Waals surface area contributed by atoms with E-state index in [1.807, 2.05) is 13.8 Å². The SMILES string of the molecule is CC(C)COC(=O)C(C)Sc1cc(N)c(F)cc1Br. The van der Waals surface area contributed by atoms with Gasteiger partial charge in [0.2, 0.25) is 0 Å². The number of thioether (sulfide) groups is 1. The molecule has 1 atom stereocenters. The third-order valence-corrected chi connectivity index (χ3v) is 4.30. The molecule has 1 aromatic carbocycles. The summed E-state index contributed by atoms with van der Waals surface area (Å²) >= 11 is 4.54. The first-order valence-corrected chi connectivity index (χ1v) is 7.56. The van der Waals surface area contributed by atoms with Crippen LogP contribution in [0.3, 0.4) is 0 Å². The average molecular weight is 350 g/mol. The molecule has 2 N–H and O–H groups in total. The number of nitrogens with two attached hydrogens (primary N) is 1. The Kier molecular flexibility index (Phi) is 6.13. The van der Waals surface area contributed by atoms with Crippen LogP contribution in [0.4, 0.5) is 10.1 Å². The maximum atomic E-state index is 13.2. The maximum Gasteiger partial charge on any atom is 0.319 e. The van der Waals surface area contributed by atoms with E-state index in [4.69, 9.17) is 10.5 Å². The van der Waals surface area contributed by atoms with E-state index in [0.29, 0.717) is 21.9 Å². The molecule has 0 saturated carbocycles. The van der Waals surface area contributed by atoms with E-state index in [9.17, 15) is 9.18 Å². The van der Waals surface area contributed by atoms with Crippen molar-refractivity contribution in [2.45, 2.75) is 30.9 Å². The van der Waals surface area contributed by atoms with Crippen molar-refractivity contribution in [2.75, 3.05) is 12.3 Å². The molecule has 6 heteroatoms. The van der Waals surface area contributed by atoms with Gasteiger partial charge < -0.3 is 10.5 Å². The zero-order chi connectivity index (χ0) is 14.6. The van der Waals surface area contributed by atoms with Gasteiger partial charge in [-0.15, -0.1) is 11.8 Å². The van der Waals surface area contributed by atoms with Gasteiger partial charge in [-0.05, 0) is 40.9 Å². The van der Waals surface area contributed by atoms with Gasteiger partial charge in [0.15, 0.2) is 0 Å². The molecule has 0 aromatic heterocycles. The molecule has 0 radical (unpaired) electrons. The minimum atomic E-state index is -0.480. The van der Waals surface area contributed by atoms with Gasteiger partial charge in [-0.3, -0.25) is 4.79 Å². The molecular weight excluding hydrogens is 333 g/mol. The van der Waals surface area contributed by atoms with Crippen LogP contribution in [0, 0.1) is 11.7 Å². The molecule has 0 aliphatic rings. The van der Waals surface area contributed by atoms with Crippen molar-refractivity contribution in [3.8, 4) is 0 Å². The summed E-state index contributed by atoms with van der Waals surface area (Å²) in [6.07, 6.45) is 0. The molecule has 1 aromatic rings. The van der Waals surface area contributed by atoms with Gasteiger partial charge in [0.25, 0.3) is 0 Å². The number of nitrogen functional groups attached to an aromatic ring is 1. The predicted molar refractivity (Wildman–Crippen MR) is 79.6 cm³/mol. The van der Waals surface area contributed by atoms with Gasteiger partial charge in [0.1, 0.15) is 11.1 Å². The number of benzene rings is 1. The van der Waals surface area contributed by atoms with E-state index < -0.39 is 5.82 Å². The van der Waals surface area contributed by atoms with Gasteiger partial charge in [-0.25, -0.2) is 4.39 Å². The van der Waals surface area contributed by atoms with Gasteiger partial charge in [0.05, 0.1) is 12.3 Å². The number of rotatable bonds is 5. The lowest BCUT2D eigenvalue weighted by Gasteiger charge is -2.14. The fourth-order valence-electron chi connectivity index (χ4n) is 1.24. The molecule has 0 aliphatic carbocycles. The summed E-state index contributed by atoms with van der Waals surface area (Å²) in [5, 5.41) is -0.375. The van der Waals surface area contributed by atoms with Crippen molar-refractivity contribution in [1.29, 1.82) is 0 Å². The summed E-state index contributed by atoms with van der Waals surface area (Å²) in [6, 6.07) is 2.81. The van der Waals surface area contributed by atoms with E-state index in [2.05, 4.69) is 15.9 Å². The number of esters is 1. The predicted octanol–water partition coefficient (Wildman–Crippen LogP) is 3.85. The summed E-state index contributed by atoms with van der Waals surface area (Å²) in [4.78, 5) is 12.5. The highest BCUT2D eigenvalue weighted by atomic mass is 79.9. The lowest BCUT2D eigenvalue weighted by atomic mass is 10.2. The summed E-state index contributed by atoms with van der Waals surface area (Å²) in [5.41, 5.74) is 5.58. The number of carbonyl (C=O) groups is 1. The Bertz CT molecular complexity index is 468.